The van der Waals surface area contributed by atoms with Crippen molar-refractivity contribution < 1.29 is 19.4 Å². The Bertz CT molecular complexity index is 377. The summed E-state index contributed by atoms with van der Waals surface area (Å²) in [5.41, 5.74) is 0.853. The molecule has 0 aromatic heterocycles. The van der Waals surface area contributed by atoms with Crippen LogP contribution in [0.5, 0.6) is 0 Å². The Morgan fingerprint density at radius 3 is 2.53 bits per heavy atom. The van der Waals surface area contributed by atoms with Crippen molar-refractivity contribution in [3.63, 3.8) is 0 Å². The quantitative estimate of drug-likeness (QED) is 0.796. The molecule has 0 aliphatic rings. The molecule has 0 saturated carbocycles. The number of aliphatic hydroxyl groups excluding tert-OH is 1. The van der Waals surface area contributed by atoms with Crippen molar-refractivity contribution in [3.8, 4) is 0 Å². The lowest BCUT2D eigenvalue weighted by Gasteiger charge is -2.13. The fraction of sp³-hybridized carbons (Fsp3) is 0.333. The van der Waals surface area contributed by atoms with E-state index in [0.717, 1.165) is 5.56 Å². The molecular weight excluding hydrogens is 222 g/mol. The number of rotatable bonds is 5. The van der Waals surface area contributed by atoms with Crippen molar-refractivity contribution in [2.75, 3.05) is 6.61 Å². The number of benzene rings is 1. The molecule has 92 valence electrons. The minimum atomic E-state index is -0.904. The van der Waals surface area contributed by atoms with E-state index in [1.165, 1.54) is 6.92 Å². The van der Waals surface area contributed by atoms with Crippen molar-refractivity contribution in [3.05, 3.63) is 35.9 Å². The first-order valence-electron chi connectivity index (χ1n) is 5.22. The summed E-state index contributed by atoms with van der Waals surface area (Å²) in [6, 6.07) is 8.27. The van der Waals surface area contributed by atoms with E-state index >= 15 is 0 Å². The number of hydrogen-bond donors (Lipinski definition) is 2. The van der Waals surface area contributed by atoms with Gasteiger partial charge >= 0.3 is 6.09 Å². The lowest BCUT2D eigenvalue weighted by Crippen LogP contribution is -2.42. The zero-order chi connectivity index (χ0) is 12.7. The molecule has 5 nitrogen and oxygen atoms in total. The van der Waals surface area contributed by atoms with Crippen LogP contribution in [0.2, 0.25) is 0 Å². The monoisotopic (exact) mass is 237 g/mol. The van der Waals surface area contributed by atoms with E-state index in [1.54, 1.807) is 0 Å². The predicted octanol–water partition coefficient (Wildman–Crippen LogP) is 0.863. The van der Waals surface area contributed by atoms with E-state index in [9.17, 15) is 9.59 Å². The molecule has 0 saturated heterocycles. The minimum absolute atomic E-state index is 0.128. The topological polar surface area (TPSA) is 75.6 Å². The largest absolute Gasteiger partial charge is 0.445 e. The van der Waals surface area contributed by atoms with Crippen LogP contribution in [0, 0.1) is 0 Å². The molecule has 1 aromatic carbocycles. The molecule has 1 aromatic rings. The van der Waals surface area contributed by atoms with Gasteiger partial charge in [0, 0.05) is 0 Å². The average molecular weight is 237 g/mol. The van der Waals surface area contributed by atoms with Crippen LogP contribution in [0.3, 0.4) is 0 Å². The number of alkyl carbamates (subject to hydrolysis) is 1. The predicted molar refractivity (Wildman–Crippen MR) is 61.3 cm³/mol. The van der Waals surface area contributed by atoms with Gasteiger partial charge in [-0.05, 0) is 12.5 Å². The van der Waals surface area contributed by atoms with Gasteiger partial charge in [0.1, 0.15) is 12.6 Å². The van der Waals surface area contributed by atoms with Crippen molar-refractivity contribution in [1.29, 1.82) is 0 Å². The molecule has 0 heterocycles. The fourth-order valence-electron chi connectivity index (χ4n) is 1.18. The second kappa shape index (κ2) is 6.65. The first-order chi connectivity index (χ1) is 8.13. The second-order valence-electron chi connectivity index (χ2n) is 3.55. The highest BCUT2D eigenvalue weighted by Gasteiger charge is 2.16. The number of ketones is 1. The highest BCUT2D eigenvalue weighted by molar-refractivity contribution is 5.85. The molecule has 5 heteroatoms. The van der Waals surface area contributed by atoms with Gasteiger partial charge in [0.05, 0.1) is 6.61 Å². The molecule has 2 N–H and O–H groups in total. The van der Waals surface area contributed by atoms with E-state index in [1.807, 2.05) is 30.3 Å². The molecule has 0 spiro atoms. The molecule has 0 aliphatic carbocycles. The third-order valence-corrected chi connectivity index (χ3v) is 2.18. The molecular formula is C12H15NO4. The third kappa shape index (κ3) is 4.65. The Hall–Kier alpha value is -1.88. The van der Waals surface area contributed by atoms with E-state index in [4.69, 9.17) is 9.84 Å². The van der Waals surface area contributed by atoms with Gasteiger partial charge in [-0.25, -0.2) is 4.79 Å². The lowest BCUT2D eigenvalue weighted by molar-refractivity contribution is -0.119. The number of ether oxygens (including phenoxy) is 1. The molecule has 1 amide bonds. The van der Waals surface area contributed by atoms with E-state index in [2.05, 4.69) is 5.32 Å². The number of nitrogens with one attached hydrogen (secondary N) is 1. The summed E-state index contributed by atoms with van der Waals surface area (Å²) in [5, 5.41) is 11.1. The van der Waals surface area contributed by atoms with Crippen molar-refractivity contribution in [2.24, 2.45) is 0 Å². The van der Waals surface area contributed by atoms with Gasteiger partial charge in [-0.15, -0.1) is 0 Å². The van der Waals surface area contributed by atoms with Crippen LogP contribution in [-0.2, 0) is 16.1 Å². The Balaban J connectivity index is 2.37. The summed E-state index contributed by atoms with van der Waals surface area (Å²) >= 11 is 0. The van der Waals surface area contributed by atoms with Crippen LogP contribution < -0.4 is 5.32 Å². The normalized spacial score (nSPS) is 11.6. The zero-order valence-corrected chi connectivity index (χ0v) is 9.55. The Labute approximate surface area is 99.4 Å². The summed E-state index contributed by atoms with van der Waals surface area (Å²) in [4.78, 5) is 22.2. The van der Waals surface area contributed by atoms with Crippen molar-refractivity contribution >= 4 is 11.9 Å². The molecule has 0 bridgehead atoms. The minimum Gasteiger partial charge on any atom is -0.445 e. The molecule has 1 unspecified atom stereocenters. The lowest BCUT2D eigenvalue weighted by atomic mass is 10.2. The smallest absolute Gasteiger partial charge is 0.408 e. The first-order valence-corrected chi connectivity index (χ1v) is 5.22. The summed E-state index contributed by atoms with van der Waals surface area (Å²) in [6.45, 7) is 0.983. The van der Waals surface area contributed by atoms with Gasteiger partial charge in [-0.2, -0.15) is 0 Å². The molecule has 0 fully saturated rings. The number of Topliss-reactive ketones (excluding diaryl/α,β-unsaturated/α-hetero) is 1. The zero-order valence-electron chi connectivity index (χ0n) is 9.55. The summed E-state index contributed by atoms with van der Waals surface area (Å²) in [7, 11) is 0. The third-order valence-electron chi connectivity index (χ3n) is 2.18. The fourth-order valence-corrected chi connectivity index (χ4v) is 1.18. The van der Waals surface area contributed by atoms with Crippen molar-refractivity contribution in [1.82, 2.24) is 5.32 Å². The van der Waals surface area contributed by atoms with Crippen molar-refractivity contribution in [2.45, 2.75) is 19.6 Å². The van der Waals surface area contributed by atoms with Gasteiger partial charge in [0.25, 0.3) is 0 Å². The number of carbonyl (C=O) groups excluding carboxylic acids is 2. The molecule has 1 rings (SSSR count). The Morgan fingerprint density at radius 1 is 1.35 bits per heavy atom. The Kier molecular flexibility index (Phi) is 5.16. The van der Waals surface area contributed by atoms with Gasteiger partial charge < -0.3 is 15.2 Å². The molecule has 0 aliphatic heterocycles. The standard InChI is InChI=1S/C12H15NO4/c1-9(15)11(7-14)13-12(16)17-8-10-5-3-2-4-6-10/h2-6,11,14H,7-8H2,1H3,(H,13,16). The van der Waals surface area contributed by atoms with Crippen LogP contribution in [0.15, 0.2) is 30.3 Å². The van der Waals surface area contributed by atoms with E-state index in [-0.39, 0.29) is 12.4 Å². The summed E-state index contributed by atoms with van der Waals surface area (Å²) < 4.78 is 4.90. The molecule has 0 radical (unpaired) electrons. The maximum Gasteiger partial charge on any atom is 0.408 e. The van der Waals surface area contributed by atoms with E-state index < -0.39 is 18.7 Å². The number of carbonyl (C=O) groups is 2. The Morgan fingerprint density at radius 2 is 2.00 bits per heavy atom. The van der Waals surface area contributed by atoms with Gasteiger partial charge in [-0.1, -0.05) is 30.3 Å². The summed E-state index contributed by atoms with van der Waals surface area (Å²) in [5.74, 6) is -0.316. The highest BCUT2D eigenvalue weighted by atomic mass is 16.5. The second-order valence-corrected chi connectivity index (χ2v) is 3.55. The van der Waals surface area contributed by atoms with Gasteiger partial charge in [-0.3, -0.25) is 4.79 Å². The average Bonchev–Trinajstić information content (AvgIpc) is 2.34. The number of aliphatic hydroxyl groups is 1. The van der Waals surface area contributed by atoms with E-state index in [0.29, 0.717) is 0 Å². The van der Waals surface area contributed by atoms with Crippen LogP contribution in [0.1, 0.15) is 12.5 Å². The molecule has 1 atom stereocenters. The highest BCUT2D eigenvalue weighted by Crippen LogP contribution is 2.00. The number of hydrogen-bond acceptors (Lipinski definition) is 4. The SMILES string of the molecule is CC(=O)C(CO)NC(=O)OCc1ccccc1. The van der Waals surface area contributed by atoms with Gasteiger partial charge in [0.2, 0.25) is 0 Å². The van der Waals surface area contributed by atoms with Gasteiger partial charge in [0.15, 0.2) is 5.78 Å². The maximum absolute atomic E-state index is 11.3. The first kappa shape index (κ1) is 13.2. The van der Waals surface area contributed by atoms with Crippen LogP contribution >= 0.6 is 0 Å². The van der Waals surface area contributed by atoms with Crippen LogP contribution in [0.4, 0.5) is 4.79 Å². The van der Waals surface area contributed by atoms with Crippen LogP contribution in [0.25, 0.3) is 0 Å². The number of amides is 1. The van der Waals surface area contributed by atoms with Crippen LogP contribution in [-0.4, -0.2) is 29.6 Å². The summed E-state index contributed by atoms with van der Waals surface area (Å²) in [6.07, 6.45) is -0.719. The molecule has 17 heavy (non-hydrogen) atoms. The maximum atomic E-state index is 11.3.